The Labute approximate surface area is 164 Å². The molecule has 8 heteroatoms. The minimum atomic E-state index is -0.612. The second kappa shape index (κ2) is 10.9. The molecule has 3 N–H and O–H groups in total. The quantitative estimate of drug-likeness (QED) is 0.614. The van der Waals surface area contributed by atoms with Crippen molar-refractivity contribution in [2.24, 2.45) is 0 Å². The van der Waals surface area contributed by atoms with Gasteiger partial charge in [-0.2, -0.15) is 0 Å². The van der Waals surface area contributed by atoms with Crippen molar-refractivity contribution in [2.75, 3.05) is 18.4 Å². The minimum absolute atomic E-state index is 0.0641. The average molecular weight is 386 g/mol. The smallest absolute Gasteiger partial charge is 0.321 e. The molecule has 1 atom stereocenters. The molecule has 0 spiro atoms. The van der Waals surface area contributed by atoms with E-state index in [4.69, 9.17) is 4.42 Å². The number of amides is 4. The highest BCUT2D eigenvalue weighted by Gasteiger charge is 2.23. The Kier molecular flexibility index (Phi) is 8.23. The first-order chi connectivity index (χ1) is 13.5. The van der Waals surface area contributed by atoms with Gasteiger partial charge in [0.2, 0.25) is 11.8 Å². The molecule has 1 unspecified atom stereocenters. The van der Waals surface area contributed by atoms with E-state index in [9.17, 15) is 14.4 Å². The number of hydrogen-bond acceptors (Lipinski definition) is 5. The lowest BCUT2D eigenvalue weighted by Gasteiger charge is -2.27. The molecule has 0 aliphatic heterocycles. The predicted molar refractivity (Wildman–Crippen MR) is 105 cm³/mol. The van der Waals surface area contributed by atoms with Gasteiger partial charge in [-0.15, -0.1) is 0 Å². The van der Waals surface area contributed by atoms with E-state index >= 15 is 0 Å². The van der Waals surface area contributed by atoms with Crippen LogP contribution >= 0.6 is 0 Å². The predicted octanol–water partition coefficient (Wildman–Crippen LogP) is 2.34. The van der Waals surface area contributed by atoms with Gasteiger partial charge in [0.05, 0.1) is 25.4 Å². The van der Waals surface area contributed by atoms with Gasteiger partial charge in [-0.3, -0.25) is 19.8 Å². The number of carbonyl (C=O) groups excluding carboxylic acids is 3. The summed E-state index contributed by atoms with van der Waals surface area (Å²) in [5.74, 6) is -0.110. The van der Waals surface area contributed by atoms with E-state index < -0.39 is 18.0 Å². The number of nitrogens with one attached hydrogen (secondary N) is 3. The summed E-state index contributed by atoms with van der Waals surface area (Å²) >= 11 is 0. The van der Waals surface area contributed by atoms with Gasteiger partial charge in [0.15, 0.2) is 0 Å². The minimum Gasteiger partial charge on any atom is -0.467 e. The summed E-state index contributed by atoms with van der Waals surface area (Å²) in [5, 5.41) is 7.64. The van der Waals surface area contributed by atoms with Gasteiger partial charge in [-0.25, -0.2) is 4.79 Å². The zero-order valence-corrected chi connectivity index (χ0v) is 16.1. The number of urea groups is 1. The molecule has 1 aromatic heterocycles. The largest absolute Gasteiger partial charge is 0.467 e. The molecule has 1 heterocycles. The SMILES string of the molecule is CCCN(CC(=O)NC(=O)NCc1ccco1)C(C)C(=O)Nc1ccccc1. The van der Waals surface area contributed by atoms with Crippen LogP contribution in [0.4, 0.5) is 10.5 Å². The van der Waals surface area contributed by atoms with Crippen LogP contribution < -0.4 is 16.0 Å². The molecular weight excluding hydrogens is 360 g/mol. The lowest BCUT2D eigenvalue weighted by atomic mass is 10.2. The van der Waals surface area contributed by atoms with Gasteiger partial charge in [0, 0.05) is 5.69 Å². The Morgan fingerprint density at radius 1 is 1.11 bits per heavy atom. The molecule has 0 aliphatic carbocycles. The molecule has 4 amide bonds. The Bertz CT molecular complexity index is 762. The van der Waals surface area contributed by atoms with Crippen molar-refractivity contribution in [2.45, 2.75) is 32.9 Å². The molecule has 0 radical (unpaired) electrons. The number of nitrogens with zero attached hydrogens (tertiary/aromatic N) is 1. The van der Waals surface area contributed by atoms with Gasteiger partial charge in [0.25, 0.3) is 0 Å². The van der Waals surface area contributed by atoms with Crippen molar-refractivity contribution in [1.29, 1.82) is 0 Å². The fraction of sp³-hybridized carbons (Fsp3) is 0.350. The molecule has 0 saturated carbocycles. The van der Waals surface area contributed by atoms with Gasteiger partial charge in [-0.05, 0) is 44.2 Å². The normalized spacial score (nSPS) is 11.7. The average Bonchev–Trinajstić information content (AvgIpc) is 3.20. The second-order valence-electron chi connectivity index (χ2n) is 6.31. The summed E-state index contributed by atoms with van der Waals surface area (Å²) in [6.45, 7) is 4.36. The molecular formula is C20H26N4O4. The van der Waals surface area contributed by atoms with E-state index in [0.29, 0.717) is 18.0 Å². The first kappa shape index (κ1) is 21.2. The third-order valence-corrected chi connectivity index (χ3v) is 4.08. The fourth-order valence-corrected chi connectivity index (χ4v) is 2.61. The fourth-order valence-electron chi connectivity index (χ4n) is 2.61. The second-order valence-corrected chi connectivity index (χ2v) is 6.31. The molecule has 1 aromatic carbocycles. The maximum Gasteiger partial charge on any atom is 0.321 e. The number of carbonyl (C=O) groups is 3. The number of anilines is 1. The van der Waals surface area contributed by atoms with E-state index in [1.807, 2.05) is 25.1 Å². The lowest BCUT2D eigenvalue weighted by molar-refractivity contribution is -0.124. The van der Waals surface area contributed by atoms with E-state index in [1.54, 1.807) is 36.1 Å². The monoisotopic (exact) mass is 386 g/mol. The molecule has 150 valence electrons. The molecule has 0 bridgehead atoms. The van der Waals surface area contributed by atoms with Gasteiger partial charge in [-0.1, -0.05) is 25.1 Å². The standard InChI is InChI=1S/C20H26N4O4/c1-3-11-24(15(2)19(26)22-16-8-5-4-6-9-16)14-18(25)23-20(27)21-13-17-10-7-12-28-17/h4-10,12,15H,3,11,13-14H2,1-2H3,(H,22,26)(H2,21,23,25,27). The van der Waals surface area contributed by atoms with Gasteiger partial charge < -0.3 is 15.1 Å². The van der Waals surface area contributed by atoms with Crippen molar-refractivity contribution in [3.63, 3.8) is 0 Å². The molecule has 2 aromatic rings. The number of hydrogen-bond donors (Lipinski definition) is 3. The van der Waals surface area contributed by atoms with Gasteiger partial charge >= 0.3 is 6.03 Å². The molecule has 2 rings (SSSR count). The van der Waals surface area contributed by atoms with Crippen LogP contribution in [0.25, 0.3) is 0 Å². The number of imide groups is 1. The highest BCUT2D eigenvalue weighted by atomic mass is 16.3. The number of rotatable bonds is 9. The first-order valence-corrected chi connectivity index (χ1v) is 9.19. The van der Waals surface area contributed by atoms with Crippen molar-refractivity contribution >= 4 is 23.5 Å². The topological polar surface area (TPSA) is 104 Å². The Balaban J connectivity index is 1.84. The van der Waals surface area contributed by atoms with E-state index in [-0.39, 0.29) is 19.0 Å². The van der Waals surface area contributed by atoms with Crippen LogP contribution in [-0.4, -0.2) is 41.9 Å². The van der Waals surface area contributed by atoms with E-state index in [2.05, 4.69) is 16.0 Å². The maximum absolute atomic E-state index is 12.5. The van der Waals surface area contributed by atoms with Crippen molar-refractivity contribution < 1.29 is 18.8 Å². The third-order valence-electron chi connectivity index (χ3n) is 4.08. The zero-order valence-electron chi connectivity index (χ0n) is 16.1. The summed E-state index contributed by atoms with van der Waals surface area (Å²) in [7, 11) is 0. The van der Waals surface area contributed by atoms with E-state index in [0.717, 1.165) is 6.42 Å². The van der Waals surface area contributed by atoms with E-state index in [1.165, 1.54) is 6.26 Å². The molecule has 28 heavy (non-hydrogen) atoms. The highest BCUT2D eigenvalue weighted by Crippen LogP contribution is 2.08. The van der Waals surface area contributed by atoms with Crippen molar-refractivity contribution in [3.05, 3.63) is 54.5 Å². The molecule has 8 nitrogen and oxygen atoms in total. The molecule has 0 fully saturated rings. The summed E-state index contributed by atoms with van der Waals surface area (Å²) in [4.78, 5) is 38.3. The zero-order chi connectivity index (χ0) is 20.4. The number of para-hydroxylation sites is 1. The highest BCUT2D eigenvalue weighted by molar-refractivity contribution is 5.97. The molecule has 0 aliphatic rings. The number of furan rings is 1. The maximum atomic E-state index is 12.5. The Hall–Kier alpha value is -3.13. The van der Waals surface area contributed by atoms with Crippen molar-refractivity contribution in [3.8, 4) is 0 Å². The van der Waals surface area contributed by atoms with Crippen LogP contribution in [0.3, 0.4) is 0 Å². The van der Waals surface area contributed by atoms with Crippen LogP contribution in [0.2, 0.25) is 0 Å². The number of benzene rings is 1. The lowest BCUT2D eigenvalue weighted by Crippen LogP contribution is -2.49. The first-order valence-electron chi connectivity index (χ1n) is 9.19. The Morgan fingerprint density at radius 3 is 2.50 bits per heavy atom. The van der Waals surface area contributed by atoms with Crippen molar-refractivity contribution in [1.82, 2.24) is 15.5 Å². The van der Waals surface area contributed by atoms with Crippen LogP contribution in [0.5, 0.6) is 0 Å². The van der Waals surface area contributed by atoms with Crippen LogP contribution in [0, 0.1) is 0 Å². The van der Waals surface area contributed by atoms with Crippen LogP contribution in [0.15, 0.2) is 53.1 Å². The summed E-state index contributed by atoms with van der Waals surface area (Å²) in [5.41, 5.74) is 0.692. The molecule has 0 saturated heterocycles. The third kappa shape index (κ3) is 6.88. The van der Waals surface area contributed by atoms with Crippen LogP contribution in [-0.2, 0) is 16.1 Å². The summed E-state index contributed by atoms with van der Waals surface area (Å²) in [6.07, 6.45) is 2.27. The van der Waals surface area contributed by atoms with Crippen LogP contribution in [0.1, 0.15) is 26.0 Å². The van der Waals surface area contributed by atoms with Gasteiger partial charge in [0.1, 0.15) is 5.76 Å². The summed E-state index contributed by atoms with van der Waals surface area (Å²) < 4.78 is 5.11. The Morgan fingerprint density at radius 2 is 1.86 bits per heavy atom. The summed E-state index contributed by atoms with van der Waals surface area (Å²) in [6, 6.07) is 11.4.